The number of hydrogen-bond acceptors (Lipinski definition) is 4. The van der Waals surface area contributed by atoms with E-state index in [1.807, 2.05) is 0 Å². The van der Waals surface area contributed by atoms with E-state index in [4.69, 9.17) is 0 Å². The quantitative estimate of drug-likeness (QED) is 0.196. The molecule has 0 aliphatic heterocycles. The van der Waals surface area contributed by atoms with Gasteiger partial charge in [0, 0.05) is 5.56 Å². The zero-order chi connectivity index (χ0) is 21.3. The molecule has 180 valence electrons. The predicted molar refractivity (Wildman–Crippen MR) is 122 cm³/mol. The number of hydrogen-bond donors (Lipinski definition) is 1. The van der Waals surface area contributed by atoms with E-state index < -0.39 is 10.4 Å². The highest BCUT2D eigenvalue weighted by Gasteiger charge is 2.14. The number of nitrogens with zero attached hydrogens (tertiary/aromatic N) is 1. The standard InChI is InChI=1S/C21H38N.CH4O4S.ClH.H3N/c1-4-5-6-7-8-9-10-11-12-16-19-22(2,3)20-21-17-14-13-15-18-21;1-5-6(2,3)4;;/h13-15,17-18H,4-12,16,19-20H2,1-3H3;1H3,(H,2,3,4);1H;1H3/q+1;;;/p-1. The Labute approximate surface area is 191 Å². The monoisotopic (exact) mass is 468 g/mol. The van der Waals surface area contributed by atoms with Crippen LogP contribution in [0, 0.1) is 0 Å². The van der Waals surface area contributed by atoms with Gasteiger partial charge < -0.3 is 27.6 Å². The molecule has 0 saturated carbocycles. The molecule has 30 heavy (non-hydrogen) atoms. The first-order valence-electron chi connectivity index (χ1n) is 10.6. The van der Waals surface area contributed by atoms with Crippen molar-refractivity contribution in [2.75, 3.05) is 27.7 Å². The van der Waals surface area contributed by atoms with Crippen molar-refractivity contribution in [2.24, 2.45) is 0 Å². The third-order valence-corrected chi connectivity index (χ3v) is 5.18. The highest BCUT2D eigenvalue weighted by Crippen LogP contribution is 2.13. The van der Waals surface area contributed by atoms with Gasteiger partial charge in [-0.05, 0) is 12.8 Å². The number of benzene rings is 1. The van der Waals surface area contributed by atoms with Gasteiger partial charge in [-0.3, -0.25) is 4.18 Å². The minimum Gasteiger partial charge on any atom is -1.00 e. The molecule has 0 saturated heterocycles. The van der Waals surface area contributed by atoms with Gasteiger partial charge in [-0.1, -0.05) is 88.6 Å². The van der Waals surface area contributed by atoms with Crippen LogP contribution in [0.4, 0.5) is 0 Å². The molecule has 4 N–H and O–H groups in total. The number of quaternary nitrogens is 2. The zero-order valence-electron chi connectivity index (χ0n) is 19.7. The summed E-state index contributed by atoms with van der Waals surface area (Å²) in [7, 11) is 1.12. The molecule has 6 nitrogen and oxygen atoms in total. The largest absolute Gasteiger partial charge is 1.00 e. The van der Waals surface area contributed by atoms with Crippen molar-refractivity contribution in [1.82, 2.24) is 6.15 Å². The van der Waals surface area contributed by atoms with Gasteiger partial charge in [0.25, 0.3) is 0 Å². The summed E-state index contributed by atoms with van der Waals surface area (Å²) in [5, 5.41) is 0. The van der Waals surface area contributed by atoms with Gasteiger partial charge >= 0.3 is 0 Å². The average molecular weight is 469 g/mol. The third-order valence-electron chi connectivity index (χ3n) is 4.77. The Hall–Kier alpha value is -0.700. The third kappa shape index (κ3) is 23.6. The highest BCUT2D eigenvalue weighted by atomic mass is 35.5. The lowest BCUT2D eigenvalue weighted by molar-refractivity contribution is -0.903. The van der Waals surface area contributed by atoms with E-state index in [9.17, 15) is 13.0 Å². The first-order valence-corrected chi connectivity index (χ1v) is 11.9. The maximum atomic E-state index is 9.22. The molecule has 1 rings (SSSR count). The molecule has 0 atom stereocenters. The van der Waals surface area contributed by atoms with E-state index in [0.717, 1.165) is 18.1 Å². The molecule has 0 aliphatic rings. The normalized spacial score (nSPS) is 11.0. The second-order valence-corrected chi connectivity index (χ2v) is 9.21. The fraction of sp³-hybridized carbons (Fsp3) is 0.727. The summed E-state index contributed by atoms with van der Waals surface area (Å²) < 4.78 is 32.1. The van der Waals surface area contributed by atoms with Crippen molar-refractivity contribution in [3.05, 3.63) is 35.9 Å². The molecule has 8 heteroatoms. The van der Waals surface area contributed by atoms with Gasteiger partial charge in [0.2, 0.25) is 10.4 Å². The molecule has 0 radical (unpaired) electrons. The van der Waals surface area contributed by atoms with Crippen molar-refractivity contribution >= 4 is 10.4 Å². The smallest absolute Gasteiger partial charge is 0.217 e. The highest BCUT2D eigenvalue weighted by molar-refractivity contribution is 7.80. The van der Waals surface area contributed by atoms with Gasteiger partial charge in [0.05, 0.1) is 27.7 Å². The Morgan fingerprint density at radius 3 is 1.67 bits per heavy atom. The number of rotatable bonds is 14. The first kappa shape index (κ1) is 33.9. The number of unbranched alkanes of at least 4 members (excludes halogenated alkanes) is 9. The van der Waals surface area contributed by atoms with E-state index in [1.54, 1.807) is 0 Å². The minimum absolute atomic E-state index is 0. The second kappa shape index (κ2) is 20.2. The Kier molecular flexibility index (Phi) is 22.9. The van der Waals surface area contributed by atoms with Crippen LogP contribution in [0.5, 0.6) is 0 Å². The fourth-order valence-corrected chi connectivity index (χ4v) is 3.18. The zero-order valence-corrected chi connectivity index (χ0v) is 21.3. The molecule has 0 amide bonds. The summed E-state index contributed by atoms with van der Waals surface area (Å²) in [6.45, 7) is 4.74. The van der Waals surface area contributed by atoms with E-state index in [0.29, 0.717) is 0 Å². The van der Waals surface area contributed by atoms with Crippen molar-refractivity contribution in [1.29, 1.82) is 0 Å². The van der Waals surface area contributed by atoms with Crippen LogP contribution in [0.2, 0.25) is 0 Å². The Bertz CT molecular complexity index is 584. The van der Waals surface area contributed by atoms with E-state index in [2.05, 4.69) is 55.5 Å². The van der Waals surface area contributed by atoms with E-state index >= 15 is 0 Å². The summed E-state index contributed by atoms with van der Waals surface area (Å²) in [6, 6.07) is 10.9. The topological polar surface area (TPSA) is 103 Å². The van der Waals surface area contributed by atoms with Crippen LogP contribution in [0.25, 0.3) is 0 Å². The van der Waals surface area contributed by atoms with Crippen LogP contribution in [0.3, 0.4) is 0 Å². The summed E-state index contributed by atoms with van der Waals surface area (Å²) in [6.07, 6.45) is 14.2. The summed E-state index contributed by atoms with van der Waals surface area (Å²) >= 11 is 0. The summed E-state index contributed by atoms with van der Waals surface area (Å²) in [4.78, 5) is 0. The van der Waals surface area contributed by atoms with Crippen LogP contribution in [0.1, 0.15) is 76.7 Å². The van der Waals surface area contributed by atoms with Crippen molar-refractivity contribution < 1.29 is 34.0 Å². The van der Waals surface area contributed by atoms with Crippen LogP contribution in [0.15, 0.2) is 30.3 Å². The molecule has 0 aromatic heterocycles. The summed E-state index contributed by atoms with van der Waals surface area (Å²) in [5.74, 6) is 0. The lowest BCUT2D eigenvalue weighted by atomic mass is 10.1. The fourth-order valence-electron chi connectivity index (χ4n) is 3.18. The molecule has 0 aliphatic carbocycles. The Morgan fingerprint density at radius 2 is 1.27 bits per heavy atom. The molecular formula is C22H45ClN2O4S. The Morgan fingerprint density at radius 1 is 0.867 bits per heavy atom. The van der Waals surface area contributed by atoms with Crippen LogP contribution >= 0.6 is 0 Å². The molecule has 0 spiro atoms. The van der Waals surface area contributed by atoms with Gasteiger partial charge in [-0.25, -0.2) is 8.42 Å². The maximum Gasteiger partial charge on any atom is 0.217 e. The first-order chi connectivity index (χ1) is 13.2. The SMILES string of the molecule is CCCCCCCCCCCC[N+](C)(C)Cc1ccccc1.COS(=O)(=O)[O-].[Cl-].[NH4+]. The van der Waals surface area contributed by atoms with Crippen LogP contribution in [-0.4, -0.2) is 45.2 Å². The summed E-state index contributed by atoms with van der Waals surface area (Å²) in [5.41, 5.74) is 1.46. The maximum absolute atomic E-state index is 9.22. The Balaban J connectivity index is -0.000000799. The molecular weight excluding hydrogens is 424 g/mol. The molecule has 0 fully saturated rings. The van der Waals surface area contributed by atoms with Crippen molar-refractivity contribution in [2.45, 2.75) is 77.7 Å². The van der Waals surface area contributed by atoms with Crippen molar-refractivity contribution in [3.63, 3.8) is 0 Å². The molecule has 1 aromatic rings. The molecule has 0 bridgehead atoms. The molecule has 1 aromatic carbocycles. The van der Waals surface area contributed by atoms with Crippen molar-refractivity contribution in [3.8, 4) is 0 Å². The molecule has 0 heterocycles. The van der Waals surface area contributed by atoms with Gasteiger partial charge in [-0.15, -0.1) is 0 Å². The molecule has 0 unspecified atom stereocenters. The van der Waals surface area contributed by atoms with E-state index in [-0.39, 0.29) is 18.6 Å². The average Bonchev–Trinajstić information content (AvgIpc) is 2.63. The lowest BCUT2D eigenvalue weighted by Crippen LogP contribution is -3.00. The second-order valence-electron chi connectivity index (χ2n) is 8.06. The van der Waals surface area contributed by atoms with Crippen LogP contribution < -0.4 is 18.6 Å². The number of halogens is 1. The van der Waals surface area contributed by atoms with Crippen LogP contribution in [-0.2, 0) is 21.1 Å². The minimum atomic E-state index is -4.41. The van der Waals surface area contributed by atoms with E-state index in [1.165, 1.54) is 76.3 Å². The van der Waals surface area contributed by atoms with Gasteiger partial charge in [-0.2, -0.15) is 0 Å². The lowest BCUT2D eigenvalue weighted by Gasteiger charge is -2.30. The predicted octanol–water partition coefficient (Wildman–Crippen LogP) is 2.66. The van der Waals surface area contributed by atoms with Gasteiger partial charge in [0.15, 0.2) is 0 Å². The van der Waals surface area contributed by atoms with Gasteiger partial charge in [0.1, 0.15) is 6.54 Å².